The van der Waals surface area contributed by atoms with Crippen LogP contribution in [0.5, 0.6) is 5.75 Å². The van der Waals surface area contributed by atoms with Crippen molar-refractivity contribution < 1.29 is 9.53 Å². The van der Waals surface area contributed by atoms with Gasteiger partial charge in [-0.15, -0.1) is 11.3 Å². The topological polar surface area (TPSA) is 77.0 Å². The summed E-state index contributed by atoms with van der Waals surface area (Å²) in [6.45, 7) is 2.15. The van der Waals surface area contributed by atoms with E-state index < -0.39 is 0 Å². The number of aromatic nitrogens is 3. The first kappa shape index (κ1) is 19.4. The molecule has 0 bridgehead atoms. The molecule has 6 nitrogen and oxygen atoms in total. The molecule has 0 aliphatic heterocycles. The van der Waals surface area contributed by atoms with Crippen LogP contribution in [0, 0.1) is 6.92 Å². The largest absolute Gasteiger partial charge is 0.486 e. The SMILES string of the molecule is Cc1csc(NC(=O)CSc2nc(COc3ccccc3)nc3ccccc23)n1. The Balaban J connectivity index is 1.48. The summed E-state index contributed by atoms with van der Waals surface area (Å²) < 4.78 is 5.78. The fourth-order valence-corrected chi connectivity index (χ4v) is 4.18. The Hall–Kier alpha value is -2.97. The lowest BCUT2D eigenvalue weighted by Gasteiger charge is -2.09. The summed E-state index contributed by atoms with van der Waals surface area (Å²) in [6, 6.07) is 17.3. The second-order valence-electron chi connectivity index (χ2n) is 6.19. The Labute approximate surface area is 176 Å². The number of thiazole rings is 1. The van der Waals surface area contributed by atoms with E-state index in [9.17, 15) is 4.79 Å². The van der Waals surface area contributed by atoms with E-state index in [0.29, 0.717) is 11.0 Å². The molecule has 2 aromatic heterocycles. The van der Waals surface area contributed by atoms with Crippen LogP contribution in [0.1, 0.15) is 11.5 Å². The molecule has 2 aromatic carbocycles. The number of amides is 1. The van der Waals surface area contributed by atoms with Crippen molar-refractivity contribution in [2.75, 3.05) is 11.1 Å². The maximum absolute atomic E-state index is 12.3. The van der Waals surface area contributed by atoms with Crippen molar-refractivity contribution in [1.29, 1.82) is 0 Å². The third-order valence-electron chi connectivity index (χ3n) is 3.93. The van der Waals surface area contributed by atoms with E-state index in [1.807, 2.05) is 66.9 Å². The first-order valence-corrected chi connectivity index (χ1v) is 10.8. The molecule has 2 heterocycles. The summed E-state index contributed by atoms with van der Waals surface area (Å²) in [6.07, 6.45) is 0. The molecule has 0 aliphatic carbocycles. The van der Waals surface area contributed by atoms with E-state index in [1.165, 1.54) is 23.1 Å². The summed E-state index contributed by atoms with van der Waals surface area (Å²) in [7, 11) is 0. The maximum Gasteiger partial charge on any atom is 0.236 e. The van der Waals surface area contributed by atoms with Gasteiger partial charge in [0.25, 0.3) is 0 Å². The minimum absolute atomic E-state index is 0.117. The van der Waals surface area contributed by atoms with Crippen LogP contribution in [-0.2, 0) is 11.4 Å². The first-order chi connectivity index (χ1) is 14.2. The lowest BCUT2D eigenvalue weighted by molar-refractivity contribution is -0.113. The number of anilines is 1. The Morgan fingerprint density at radius 3 is 2.66 bits per heavy atom. The molecule has 0 saturated heterocycles. The molecule has 0 fully saturated rings. The van der Waals surface area contributed by atoms with Gasteiger partial charge < -0.3 is 10.1 Å². The minimum Gasteiger partial charge on any atom is -0.486 e. The molecule has 1 N–H and O–H groups in total. The highest BCUT2D eigenvalue weighted by Crippen LogP contribution is 2.26. The number of nitrogens with one attached hydrogen (secondary N) is 1. The summed E-state index contributed by atoms with van der Waals surface area (Å²) in [5, 5.41) is 7.01. The molecule has 0 unspecified atom stereocenters. The molecule has 1 amide bonds. The van der Waals surface area contributed by atoms with Crippen molar-refractivity contribution in [1.82, 2.24) is 15.0 Å². The molecular formula is C21H18N4O2S2. The number of aryl methyl sites for hydroxylation is 1. The normalized spacial score (nSPS) is 10.8. The molecule has 8 heteroatoms. The van der Waals surface area contributed by atoms with Crippen LogP contribution in [-0.4, -0.2) is 26.6 Å². The van der Waals surface area contributed by atoms with Crippen LogP contribution >= 0.6 is 23.1 Å². The molecule has 0 saturated carbocycles. The van der Waals surface area contributed by atoms with Gasteiger partial charge in [0.1, 0.15) is 17.4 Å². The number of fused-ring (bicyclic) bond motifs is 1. The zero-order valence-electron chi connectivity index (χ0n) is 15.7. The van der Waals surface area contributed by atoms with E-state index in [4.69, 9.17) is 4.74 Å². The van der Waals surface area contributed by atoms with Crippen LogP contribution in [0.15, 0.2) is 65.0 Å². The highest BCUT2D eigenvalue weighted by molar-refractivity contribution is 8.00. The minimum atomic E-state index is -0.117. The predicted octanol–water partition coefficient (Wildman–Crippen LogP) is 4.70. The predicted molar refractivity (Wildman–Crippen MR) is 117 cm³/mol. The Morgan fingerprint density at radius 1 is 1.07 bits per heavy atom. The average molecular weight is 423 g/mol. The molecule has 0 radical (unpaired) electrons. The zero-order valence-corrected chi connectivity index (χ0v) is 17.3. The molecule has 0 aliphatic rings. The molecule has 0 atom stereocenters. The van der Waals surface area contributed by atoms with Crippen molar-refractivity contribution in [2.24, 2.45) is 0 Å². The number of nitrogens with zero attached hydrogens (tertiary/aromatic N) is 3. The van der Waals surface area contributed by atoms with Crippen molar-refractivity contribution in [3.63, 3.8) is 0 Å². The molecule has 4 rings (SSSR count). The third kappa shape index (κ3) is 5.10. The fourth-order valence-electron chi connectivity index (χ4n) is 2.63. The van der Waals surface area contributed by atoms with Crippen molar-refractivity contribution in [3.05, 3.63) is 71.5 Å². The Kier molecular flexibility index (Phi) is 6.02. The summed E-state index contributed by atoms with van der Waals surface area (Å²) in [4.78, 5) is 25.8. The number of hydrogen-bond acceptors (Lipinski definition) is 7. The number of rotatable bonds is 7. The second kappa shape index (κ2) is 9.02. The first-order valence-electron chi connectivity index (χ1n) is 8.96. The van der Waals surface area contributed by atoms with Gasteiger partial charge in [0, 0.05) is 10.8 Å². The molecule has 29 heavy (non-hydrogen) atoms. The number of ether oxygens (including phenoxy) is 1. The van der Waals surface area contributed by atoms with Gasteiger partial charge in [0.2, 0.25) is 5.91 Å². The highest BCUT2D eigenvalue weighted by atomic mass is 32.2. The smallest absolute Gasteiger partial charge is 0.236 e. The number of hydrogen-bond donors (Lipinski definition) is 1. The number of benzene rings is 2. The lowest BCUT2D eigenvalue weighted by Crippen LogP contribution is -2.14. The van der Waals surface area contributed by atoms with Gasteiger partial charge in [-0.2, -0.15) is 0 Å². The molecule has 0 spiro atoms. The average Bonchev–Trinajstić information content (AvgIpc) is 3.15. The van der Waals surface area contributed by atoms with Crippen molar-refractivity contribution >= 4 is 45.0 Å². The summed E-state index contributed by atoms with van der Waals surface area (Å²) in [5.41, 5.74) is 1.72. The van der Waals surface area contributed by atoms with Gasteiger partial charge in [0.05, 0.1) is 17.0 Å². The number of carbonyl (C=O) groups excluding carboxylic acids is 1. The molecule has 4 aromatic rings. The van der Waals surface area contributed by atoms with E-state index in [2.05, 4.69) is 20.3 Å². The van der Waals surface area contributed by atoms with Crippen LogP contribution in [0.4, 0.5) is 5.13 Å². The standard InChI is InChI=1S/C21H18N4O2S2/c1-14-12-29-21(22-14)25-19(26)13-28-20-16-9-5-6-10-17(16)23-18(24-20)11-27-15-7-3-2-4-8-15/h2-10,12H,11,13H2,1H3,(H,22,25,26). The highest BCUT2D eigenvalue weighted by Gasteiger charge is 2.12. The van der Waals surface area contributed by atoms with E-state index in [0.717, 1.165) is 27.4 Å². The quantitative estimate of drug-likeness (QED) is 0.343. The van der Waals surface area contributed by atoms with E-state index in [-0.39, 0.29) is 18.3 Å². The number of carbonyl (C=O) groups is 1. The maximum atomic E-state index is 12.3. The van der Waals surface area contributed by atoms with E-state index in [1.54, 1.807) is 0 Å². The van der Waals surface area contributed by atoms with Crippen molar-refractivity contribution in [3.8, 4) is 5.75 Å². The summed E-state index contributed by atoms with van der Waals surface area (Å²) in [5.74, 6) is 1.45. The number of para-hydroxylation sites is 2. The van der Waals surface area contributed by atoms with Gasteiger partial charge in [-0.05, 0) is 25.1 Å². The summed E-state index contributed by atoms with van der Waals surface area (Å²) >= 11 is 2.79. The van der Waals surface area contributed by atoms with Crippen LogP contribution < -0.4 is 10.1 Å². The monoisotopic (exact) mass is 422 g/mol. The number of thioether (sulfide) groups is 1. The molecular weight excluding hydrogens is 404 g/mol. The third-order valence-corrected chi connectivity index (χ3v) is 5.80. The Morgan fingerprint density at radius 2 is 1.86 bits per heavy atom. The van der Waals surface area contributed by atoms with Gasteiger partial charge in [-0.25, -0.2) is 15.0 Å². The van der Waals surface area contributed by atoms with Crippen LogP contribution in [0.2, 0.25) is 0 Å². The zero-order chi connectivity index (χ0) is 20.1. The van der Waals surface area contributed by atoms with Gasteiger partial charge in [-0.3, -0.25) is 4.79 Å². The second-order valence-corrected chi connectivity index (χ2v) is 8.02. The molecule has 146 valence electrons. The lowest BCUT2D eigenvalue weighted by atomic mass is 10.2. The van der Waals surface area contributed by atoms with Crippen LogP contribution in [0.3, 0.4) is 0 Å². The fraction of sp³-hybridized carbons (Fsp3) is 0.143. The van der Waals surface area contributed by atoms with Crippen molar-refractivity contribution in [2.45, 2.75) is 18.6 Å². The van der Waals surface area contributed by atoms with Gasteiger partial charge in [-0.1, -0.05) is 48.2 Å². The van der Waals surface area contributed by atoms with Gasteiger partial charge in [0.15, 0.2) is 11.0 Å². The Bertz CT molecular complexity index is 1130. The van der Waals surface area contributed by atoms with Gasteiger partial charge >= 0.3 is 0 Å². The van der Waals surface area contributed by atoms with E-state index >= 15 is 0 Å². The van der Waals surface area contributed by atoms with Crippen LogP contribution in [0.25, 0.3) is 10.9 Å².